The number of para-hydroxylation sites is 1. The van der Waals surface area contributed by atoms with Gasteiger partial charge in [0.25, 0.3) is 0 Å². The zero-order valence-electron chi connectivity index (χ0n) is 11.5. The molecule has 0 bridgehead atoms. The van der Waals surface area contributed by atoms with E-state index in [1.54, 1.807) is 0 Å². The van der Waals surface area contributed by atoms with Gasteiger partial charge in [-0.05, 0) is 17.7 Å². The van der Waals surface area contributed by atoms with Crippen LogP contribution in [0, 0.1) is 0 Å². The molecule has 3 rings (SSSR count). The van der Waals surface area contributed by atoms with Crippen molar-refractivity contribution in [1.82, 2.24) is 0 Å². The lowest BCUT2D eigenvalue weighted by Gasteiger charge is -2.10. The number of fused-ring (bicyclic) bond motifs is 3. The first-order valence-corrected chi connectivity index (χ1v) is 6.67. The van der Waals surface area contributed by atoms with Crippen molar-refractivity contribution >= 4 is 34.2 Å². The van der Waals surface area contributed by atoms with Gasteiger partial charge in [-0.15, -0.1) is 0 Å². The molecule has 1 aromatic heterocycles. The normalized spacial score (nSPS) is 12.4. The second kappa shape index (κ2) is 5.40. The minimum absolute atomic E-state index is 0.0264. The summed E-state index contributed by atoms with van der Waals surface area (Å²) in [6, 6.07) is 13.2. The number of hydrogen-bond acceptors (Lipinski definition) is 4. The molecule has 4 heteroatoms. The van der Waals surface area contributed by atoms with Crippen LogP contribution in [-0.4, -0.2) is 19.4 Å². The van der Waals surface area contributed by atoms with Crippen molar-refractivity contribution in [3.8, 4) is 0 Å². The van der Waals surface area contributed by atoms with Gasteiger partial charge in [0.05, 0.1) is 19.4 Å². The maximum absolute atomic E-state index is 11.5. The van der Waals surface area contributed by atoms with E-state index >= 15 is 0 Å². The third kappa shape index (κ3) is 2.29. The summed E-state index contributed by atoms with van der Waals surface area (Å²) < 4.78 is 10.5. The molecule has 1 heterocycles. The Morgan fingerprint density at radius 3 is 2.71 bits per heavy atom. The van der Waals surface area contributed by atoms with E-state index in [9.17, 15) is 9.59 Å². The standard InChI is InChI=1S/C17H14O4/c1-20-16(19)9-11(10-18)12-6-4-8-15-17(12)13-5-2-3-7-14(13)21-15/h2-8,10-11H,9H2,1H3. The second-order valence-electron chi connectivity index (χ2n) is 4.84. The average Bonchev–Trinajstić information content (AvgIpc) is 2.91. The molecule has 4 nitrogen and oxygen atoms in total. The topological polar surface area (TPSA) is 56.5 Å². The van der Waals surface area contributed by atoms with Crippen LogP contribution in [0.25, 0.3) is 21.9 Å². The van der Waals surface area contributed by atoms with Crippen LogP contribution in [0.2, 0.25) is 0 Å². The minimum atomic E-state index is -0.540. The predicted octanol–water partition coefficient (Wildman–Crippen LogP) is 3.43. The Morgan fingerprint density at radius 1 is 1.19 bits per heavy atom. The highest BCUT2D eigenvalue weighted by Crippen LogP contribution is 2.35. The van der Waals surface area contributed by atoms with Crippen LogP contribution in [0.5, 0.6) is 0 Å². The molecule has 0 saturated carbocycles. The van der Waals surface area contributed by atoms with Crippen molar-refractivity contribution in [3.05, 3.63) is 48.0 Å². The van der Waals surface area contributed by atoms with Crippen molar-refractivity contribution in [2.45, 2.75) is 12.3 Å². The van der Waals surface area contributed by atoms with E-state index in [4.69, 9.17) is 4.42 Å². The van der Waals surface area contributed by atoms with Crippen molar-refractivity contribution < 1.29 is 18.7 Å². The van der Waals surface area contributed by atoms with Crippen molar-refractivity contribution in [1.29, 1.82) is 0 Å². The molecule has 21 heavy (non-hydrogen) atoms. The van der Waals surface area contributed by atoms with E-state index in [-0.39, 0.29) is 6.42 Å². The number of carbonyl (C=O) groups is 2. The van der Waals surface area contributed by atoms with Gasteiger partial charge in [0.2, 0.25) is 0 Å². The Kier molecular flexibility index (Phi) is 3.44. The van der Waals surface area contributed by atoms with E-state index in [1.807, 2.05) is 42.5 Å². The molecule has 0 aliphatic heterocycles. The Morgan fingerprint density at radius 2 is 1.95 bits per heavy atom. The van der Waals surface area contributed by atoms with E-state index < -0.39 is 11.9 Å². The molecular formula is C17H14O4. The average molecular weight is 282 g/mol. The molecule has 0 aliphatic carbocycles. The lowest BCUT2D eigenvalue weighted by atomic mass is 9.93. The summed E-state index contributed by atoms with van der Waals surface area (Å²) in [5.74, 6) is -0.945. The zero-order valence-corrected chi connectivity index (χ0v) is 11.5. The number of rotatable bonds is 4. The molecule has 0 N–H and O–H groups in total. The quantitative estimate of drug-likeness (QED) is 0.543. The molecule has 0 radical (unpaired) electrons. The van der Waals surface area contributed by atoms with Gasteiger partial charge in [0.15, 0.2) is 0 Å². The summed E-state index contributed by atoms with van der Waals surface area (Å²) in [7, 11) is 1.32. The Bertz CT molecular complexity index is 816. The van der Waals surface area contributed by atoms with Crippen molar-refractivity contribution in [2.75, 3.05) is 7.11 Å². The van der Waals surface area contributed by atoms with Crippen LogP contribution in [0.3, 0.4) is 0 Å². The van der Waals surface area contributed by atoms with Gasteiger partial charge >= 0.3 is 5.97 Å². The van der Waals surface area contributed by atoms with E-state index in [1.165, 1.54) is 7.11 Å². The number of esters is 1. The van der Waals surface area contributed by atoms with E-state index in [2.05, 4.69) is 4.74 Å². The molecule has 0 amide bonds. The largest absolute Gasteiger partial charge is 0.469 e. The first-order valence-electron chi connectivity index (χ1n) is 6.67. The Balaban J connectivity index is 2.21. The first-order chi connectivity index (χ1) is 10.2. The highest BCUT2D eigenvalue weighted by Gasteiger charge is 2.20. The van der Waals surface area contributed by atoms with Crippen molar-refractivity contribution in [2.24, 2.45) is 0 Å². The third-order valence-electron chi connectivity index (χ3n) is 3.61. The van der Waals surface area contributed by atoms with Crippen LogP contribution in [0.4, 0.5) is 0 Å². The highest BCUT2D eigenvalue weighted by atomic mass is 16.5. The fourth-order valence-electron chi connectivity index (χ4n) is 2.61. The van der Waals surface area contributed by atoms with E-state index in [0.29, 0.717) is 5.58 Å². The number of hydrogen-bond donors (Lipinski definition) is 0. The summed E-state index contributed by atoms with van der Waals surface area (Å²) in [6.07, 6.45) is 0.812. The fourth-order valence-corrected chi connectivity index (χ4v) is 2.61. The number of furan rings is 1. The summed E-state index contributed by atoms with van der Waals surface area (Å²) in [4.78, 5) is 22.9. The lowest BCUT2D eigenvalue weighted by molar-refractivity contribution is -0.141. The summed E-state index contributed by atoms with van der Waals surface area (Å²) >= 11 is 0. The van der Waals surface area contributed by atoms with Crippen LogP contribution < -0.4 is 0 Å². The molecule has 1 unspecified atom stereocenters. The van der Waals surface area contributed by atoms with Crippen LogP contribution in [0.1, 0.15) is 17.9 Å². The molecule has 2 aromatic carbocycles. The zero-order chi connectivity index (χ0) is 14.8. The molecule has 0 spiro atoms. The van der Waals surface area contributed by atoms with Gasteiger partial charge in [-0.1, -0.05) is 30.3 Å². The number of benzene rings is 2. The lowest BCUT2D eigenvalue weighted by Crippen LogP contribution is -2.10. The third-order valence-corrected chi connectivity index (χ3v) is 3.61. The second-order valence-corrected chi connectivity index (χ2v) is 4.84. The van der Waals surface area contributed by atoms with Gasteiger partial charge < -0.3 is 13.9 Å². The smallest absolute Gasteiger partial charge is 0.306 e. The van der Waals surface area contributed by atoms with Crippen LogP contribution >= 0.6 is 0 Å². The van der Waals surface area contributed by atoms with Gasteiger partial charge in [0, 0.05) is 10.8 Å². The highest BCUT2D eigenvalue weighted by molar-refractivity contribution is 6.07. The summed E-state index contributed by atoms with van der Waals surface area (Å²) in [6.45, 7) is 0. The van der Waals surface area contributed by atoms with Gasteiger partial charge in [-0.3, -0.25) is 4.79 Å². The van der Waals surface area contributed by atoms with Gasteiger partial charge in [-0.2, -0.15) is 0 Å². The maximum atomic E-state index is 11.5. The van der Waals surface area contributed by atoms with Crippen molar-refractivity contribution in [3.63, 3.8) is 0 Å². The molecule has 0 fully saturated rings. The Labute approximate surface area is 121 Å². The molecule has 106 valence electrons. The predicted molar refractivity (Wildman–Crippen MR) is 79.2 cm³/mol. The number of ether oxygens (including phenoxy) is 1. The molecule has 1 atom stereocenters. The first kappa shape index (κ1) is 13.4. The minimum Gasteiger partial charge on any atom is -0.469 e. The number of carbonyl (C=O) groups excluding carboxylic acids is 2. The molecular weight excluding hydrogens is 268 g/mol. The number of methoxy groups -OCH3 is 1. The SMILES string of the molecule is COC(=O)CC(C=O)c1cccc2oc3ccccc3c12. The van der Waals surface area contributed by atoms with Gasteiger partial charge in [-0.25, -0.2) is 0 Å². The summed E-state index contributed by atoms with van der Waals surface area (Å²) in [5, 5.41) is 1.83. The molecule has 0 aliphatic rings. The number of aldehydes is 1. The Hall–Kier alpha value is -2.62. The molecule has 3 aromatic rings. The summed E-state index contributed by atoms with van der Waals surface area (Å²) in [5.41, 5.74) is 2.27. The fraction of sp³-hybridized carbons (Fsp3) is 0.176. The van der Waals surface area contributed by atoms with E-state index in [0.717, 1.165) is 28.2 Å². The van der Waals surface area contributed by atoms with Crippen LogP contribution in [-0.2, 0) is 14.3 Å². The monoisotopic (exact) mass is 282 g/mol. The van der Waals surface area contributed by atoms with Gasteiger partial charge in [0.1, 0.15) is 17.5 Å². The van der Waals surface area contributed by atoms with Crippen LogP contribution in [0.15, 0.2) is 46.9 Å². The molecule has 0 saturated heterocycles. The maximum Gasteiger partial charge on any atom is 0.306 e.